The molecule has 156 valence electrons. The largest absolute Gasteiger partial charge is 0.341 e. The molecule has 0 spiro atoms. The Balaban J connectivity index is 1.48. The van der Waals surface area contributed by atoms with Gasteiger partial charge in [0, 0.05) is 44.1 Å². The van der Waals surface area contributed by atoms with Gasteiger partial charge in [-0.1, -0.05) is 27.2 Å². The minimum absolute atomic E-state index is 0.00453. The second-order valence-corrected chi connectivity index (χ2v) is 9.47. The monoisotopic (exact) mass is 388 g/mol. The lowest BCUT2D eigenvalue weighted by Gasteiger charge is -2.33. The number of hydrogen-bond donors (Lipinski definition) is 0. The van der Waals surface area contributed by atoms with Crippen LogP contribution >= 0.6 is 0 Å². The van der Waals surface area contributed by atoms with E-state index in [4.69, 9.17) is 0 Å². The third-order valence-corrected chi connectivity index (χ3v) is 6.13. The van der Waals surface area contributed by atoms with E-state index in [2.05, 4.69) is 35.7 Å². The molecule has 0 aliphatic carbocycles. The van der Waals surface area contributed by atoms with Crippen molar-refractivity contribution >= 4 is 5.91 Å². The van der Waals surface area contributed by atoms with Gasteiger partial charge in [-0.25, -0.2) is 4.68 Å². The summed E-state index contributed by atoms with van der Waals surface area (Å²) >= 11 is 0. The van der Waals surface area contributed by atoms with Gasteiger partial charge in [-0.05, 0) is 50.8 Å². The summed E-state index contributed by atoms with van der Waals surface area (Å²) in [6.07, 6.45) is 6.26. The summed E-state index contributed by atoms with van der Waals surface area (Å²) in [7, 11) is 0. The minimum atomic E-state index is -0.0520. The molecule has 6 heteroatoms. The van der Waals surface area contributed by atoms with Crippen LogP contribution in [0.15, 0.2) is 16.9 Å². The Kier molecular flexibility index (Phi) is 6.91. The molecule has 1 aromatic heterocycles. The Morgan fingerprint density at radius 3 is 2.46 bits per heavy atom. The van der Waals surface area contributed by atoms with Crippen LogP contribution in [0.3, 0.4) is 0 Å². The van der Waals surface area contributed by atoms with E-state index < -0.39 is 0 Å². The zero-order valence-corrected chi connectivity index (χ0v) is 17.8. The fourth-order valence-corrected chi connectivity index (χ4v) is 4.15. The first kappa shape index (κ1) is 21.0. The van der Waals surface area contributed by atoms with Crippen molar-refractivity contribution in [2.45, 2.75) is 71.3 Å². The number of carbonyl (C=O) groups is 1. The smallest absolute Gasteiger partial charge is 0.266 e. The molecule has 0 aromatic carbocycles. The first-order valence-electron chi connectivity index (χ1n) is 10.9. The second kappa shape index (κ2) is 9.21. The first-order valence-corrected chi connectivity index (χ1v) is 10.9. The van der Waals surface area contributed by atoms with Crippen LogP contribution in [0.25, 0.3) is 0 Å². The van der Waals surface area contributed by atoms with Gasteiger partial charge < -0.3 is 9.80 Å². The van der Waals surface area contributed by atoms with Gasteiger partial charge in [0.2, 0.25) is 5.91 Å². The lowest BCUT2D eigenvalue weighted by molar-refractivity contribution is -0.130. The van der Waals surface area contributed by atoms with Gasteiger partial charge >= 0.3 is 0 Å². The third kappa shape index (κ3) is 5.66. The lowest BCUT2D eigenvalue weighted by atomic mass is 9.92. The highest BCUT2D eigenvalue weighted by molar-refractivity contribution is 5.76. The summed E-state index contributed by atoms with van der Waals surface area (Å²) in [4.78, 5) is 28.9. The summed E-state index contributed by atoms with van der Waals surface area (Å²) in [5.41, 5.74) is 0.908. The molecule has 3 rings (SSSR count). The number of amides is 1. The van der Waals surface area contributed by atoms with Gasteiger partial charge in [0.1, 0.15) is 0 Å². The van der Waals surface area contributed by atoms with Crippen molar-refractivity contribution < 1.29 is 4.79 Å². The van der Waals surface area contributed by atoms with Crippen LogP contribution in [0.5, 0.6) is 0 Å². The predicted molar refractivity (Wildman–Crippen MR) is 111 cm³/mol. The van der Waals surface area contributed by atoms with Gasteiger partial charge in [0.25, 0.3) is 5.56 Å². The van der Waals surface area contributed by atoms with Crippen LogP contribution in [-0.4, -0.2) is 58.2 Å². The van der Waals surface area contributed by atoms with Crippen molar-refractivity contribution in [3.8, 4) is 0 Å². The fourth-order valence-electron chi connectivity index (χ4n) is 4.15. The first-order chi connectivity index (χ1) is 13.3. The highest BCUT2D eigenvalue weighted by Gasteiger charge is 2.23. The Morgan fingerprint density at radius 2 is 1.75 bits per heavy atom. The maximum Gasteiger partial charge on any atom is 0.266 e. The van der Waals surface area contributed by atoms with Gasteiger partial charge in [-0.15, -0.1) is 0 Å². The van der Waals surface area contributed by atoms with E-state index in [1.807, 2.05) is 6.07 Å². The molecule has 2 fully saturated rings. The molecule has 3 heterocycles. The predicted octanol–water partition coefficient (Wildman–Crippen LogP) is 2.66. The third-order valence-electron chi connectivity index (χ3n) is 6.13. The summed E-state index contributed by atoms with van der Waals surface area (Å²) in [6, 6.07) is 3.51. The van der Waals surface area contributed by atoms with Crippen molar-refractivity contribution in [3.05, 3.63) is 28.2 Å². The molecule has 0 bridgehead atoms. The Morgan fingerprint density at radius 1 is 1.00 bits per heavy atom. The molecule has 0 atom stereocenters. The van der Waals surface area contributed by atoms with E-state index in [-0.39, 0.29) is 11.0 Å². The highest BCUT2D eigenvalue weighted by atomic mass is 16.2. The van der Waals surface area contributed by atoms with E-state index in [1.165, 1.54) is 6.42 Å². The van der Waals surface area contributed by atoms with E-state index in [1.54, 1.807) is 10.7 Å². The van der Waals surface area contributed by atoms with E-state index in [0.717, 1.165) is 70.5 Å². The molecule has 28 heavy (non-hydrogen) atoms. The topological polar surface area (TPSA) is 58.4 Å². The number of piperidine rings is 1. The van der Waals surface area contributed by atoms with Crippen LogP contribution in [0.2, 0.25) is 0 Å². The van der Waals surface area contributed by atoms with Crippen LogP contribution in [0, 0.1) is 5.92 Å². The minimum Gasteiger partial charge on any atom is -0.341 e. The van der Waals surface area contributed by atoms with Crippen LogP contribution < -0.4 is 5.56 Å². The molecule has 0 radical (unpaired) electrons. The van der Waals surface area contributed by atoms with E-state index in [9.17, 15) is 9.59 Å². The molecule has 2 saturated heterocycles. The number of likely N-dealkylation sites (tertiary alicyclic amines) is 2. The number of hydrogen-bond acceptors (Lipinski definition) is 4. The van der Waals surface area contributed by atoms with Crippen molar-refractivity contribution in [2.24, 2.45) is 5.92 Å². The maximum absolute atomic E-state index is 12.2. The molecular weight excluding hydrogens is 352 g/mol. The van der Waals surface area contributed by atoms with Crippen molar-refractivity contribution in [1.82, 2.24) is 19.6 Å². The summed E-state index contributed by atoms with van der Waals surface area (Å²) in [5, 5.41) is 4.62. The zero-order valence-electron chi connectivity index (χ0n) is 17.8. The van der Waals surface area contributed by atoms with Crippen LogP contribution in [0.1, 0.15) is 65.0 Å². The van der Waals surface area contributed by atoms with E-state index >= 15 is 0 Å². The maximum atomic E-state index is 12.2. The van der Waals surface area contributed by atoms with Gasteiger partial charge in [-0.2, -0.15) is 5.10 Å². The Labute approximate surface area is 168 Å². The number of rotatable bonds is 5. The van der Waals surface area contributed by atoms with Gasteiger partial charge in [0.05, 0.1) is 5.69 Å². The Hall–Kier alpha value is -1.69. The number of nitrogens with zero attached hydrogens (tertiary/aromatic N) is 4. The molecular formula is C22H36N4O2. The molecule has 1 amide bonds. The number of aromatic nitrogens is 2. The highest BCUT2D eigenvalue weighted by Crippen LogP contribution is 2.21. The lowest BCUT2D eigenvalue weighted by Crippen LogP contribution is -2.42. The van der Waals surface area contributed by atoms with Crippen LogP contribution in [0.4, 0.5) is 0 Å². The quantitative estimate of drug-likeness (QED) is 0.778. The standard InChI is InChI=1S/C22H36N4O2/c1-22(2,3)19-8-9-21(28)26(23-19)17-18-10-13-24(14-11-18)15-16-25-12-6-4-5-7-20(25)27/h8-9,18H,4-7,10-17H2,1-3H3. The normalized spacial score (nSPS) is 20.4. The SMILES string of the molecule is CC(C)(C)c1ccc(=O)n(CC2CCN(CCN3CCCCCC3=O)CC2)n1. The number of carbonyl (C=O) groups excluding carboxylic acids is 1. The fraction of sp³-hybridized carbons (Fsp3) is 0.773. The average Bonchev–Trinajstić information content (AvgIpc) is 2.86. The van der Waals surface area contributed by atoms with Crippen molar-refractivity contribution in [3.63, 3.8) is 0 Å². The molecule has 1 aromatic rings. The van der Waals surface area contributed by atoms with Gasteiger partial charge in [-0.3, -0.25) is 9.59 Å². The molecule has 0 N–H and O–H groups in total. The Bertz CT molecular complexity index is 714. The molecule has 0 unspecified atom stereocenters. The summed E-state index contributed by atoms with van der Waals surface area (Å²) in [6.45, 7) is 11.9. The van der Waals surface area contributed by atoms with E-state index in [0.29, 0.717) is 18.4 Å². The zero-order chi connectivity index (χ0) is 20.1. The second-order valence-electron chi connectivity index (χ2n) is 9.47. The van der Waals surface area contributed by atoms with Crippen LogP contribution in [-0.2, 0) is 16.8 Å². The summed E-state index contributed by atoms with van der Waals surface area (Å²) < 4.78 is 1.66. The molecule has 2 aliphatic heterocycles. The molecule has 2 aliphatic rings. The van der Waals surface area contributed by atoms with Crippen molar-refractivity contribution in [1.29, 1.82) is 0 Å². The van der Waals surface area contributed by atoms with Gasteiger partial charge in [0.15, 0.2) is 0 Å². The molecule has 0 saturated carbocycles. The summed E-state index contributed by atoms with van der Waals surface area (Å²) in [5.74, 6) is 0.827. The molecule has 6 nitrogen and oxygen atoms in total. The average molecular weight is 389 g/mol. The van der Waals surface area contributed by atoms with Crippen molar-refractivity contribution in [2.75, 3.05) is 32.7 Å².